The highest BCUT2D eigenvalue weighted by Gasteiger charge is 2.12. The molecule has 6 nitrogen and oxygen atoms in total. The molecule has 0 atom stereocenters. The second-order valence-electron chi connectivity index (χ2n) is 4.62. The van der Waals surface area contributed by atoms with Crippen LogP contribution in [0.1, 0.15) is 22.8 Å². The van der Waals surface area contributed by atoms with Gasteiger partial charge in [-0.15, -0.1) is 0 Å². The van der Waals surface area contributed by atoms with Gasteiger partial charge < -0.3 is 15.4 Å². The fourth-order valence-corrected chi connectivity index (χ4v) is 1.86. The summed E-state index contributed by atoms with van der Waals surface area (Å²) in [4.78, 5) is 27.1. The molecule has 0 saturated heterocycles. The van der Waals surface area contributed by atoms with Crippen LogP contribution in [0.3, 0.4) is 0 Å². The second-order valence-corrected chi connectivity index (χ2v) is 4.62. The van der Waals surface area contributed by atoms with Crippen LogP contribution in [0.4, 0.5) is 5.69 Å². The first kappa shape index (κ1) is 15.5. The van der Waals surface area contributed by atoms with Crippen molar-refractivity contribution >= 4 is 17.5 Å². The van der Waals surface area contributed by atoms with Crippen LogP contribution in [0.15, 0.2) is 42.6 Å². The van der Waals surface area contributed by atoms with Gasteiger partial charge in [0.2, 0.25) is 11.8 Å². The Morgan fingerprint density at radius 1 is 1.18 bits per heavy atom. The number of benzene rings is 1. The van der Waals surface area contributed by atoms with Crippen LogP contribution in [0.2, 0.25) is 0 Å². The Balaban J connectivity index is 2.04. The van der Waals surface area contributed by atoms with E-state index in [0.717, 1.165) is 5.56 Å². The van der Waals surface area contributed by atoms with Crippen LogP contribution in [-0.2, 0) is 11.3 Å². The third-order valence-electron chi connectivity index (χ3n) is 2.96. The molecule has 0 fully saturated rings. The maximum Gasteiger partial charge on any atom is 0.261 e. The Labute approximate surface area is 128 Å². The fraction of sp³-hybridized carbons (Fsp3) is 0.188. The SMILES string of the molecule is COc1ncccc1C(=O)Nc1ccc(CNC(C)=O)cc1. The molecule has 2 rings (SSSR count). The molecular weight excluding hydrogens is 282 g/mol. The predicted octanol–water partition coefficient (Wildman–Crippen LogP) is 1.98. The van der Waals surface area contributed by atoms with E-state index in [0.29, 0.717) is 17.8 Å². The van der Waals surface area contributed by atoms with Crippen LogP contribution in [0.5, 0.6) is 5.88 Å². The second kappa shape index (κ2) is 7.21. The van der Waals surface area contributed by atoms with Crippen LogP contribution >= 0.6 is 0 Å². The number of ether oxygens (including phenoxy) is 1. The standard InChI is InChI=1S/C16H17N3O3/c1-11(20)18-10-12-5-7-13(8-6-12)19-15(21)14-4-3-9-17-16(14)22-2/h3-9H,10H2,1-2H3,(H,18,20)(H,19,21). The molecular formula is C16H17N3O3. The molecule has 0 aliphatic carbocycles. The lowest BCUT2D eigenvalue weighted by Crippen LogP contribution is -2.18. The lowest BCUT2D eigenvalue weighted by Gasteiger charge is -2.09. The molecule has 0 aliphatic rings. The van der Waals surface area contributed by atoms with Gasteiger partial charge >= 0.3 is 0 Å². The summed E-state index contributed by atoms with van der Waals surface area (Å²) in [5.74, 6) is -0.0945. The molecule has 2 N–H and O–H groups in total. The van der Waals surface area contributed by atoms with E-state index < -0.39 is 0 Å². The summed E-state index contributed by atoms with van der Waals surface area (Å²) in [6, 6.07) is 10.5. The highest BCUT2D eigenvalue weighted by Crippen LogP contribution is 2.16. The highest BCUT2D eigenvalue weighted by atomic mass is 16.5. The Morgan fingerprint density at radius 2 is 1.91 bits per heavy atom. The normalized spacial score (nSPS) is 9.91. The number of aromatic nitrogens is 1. The summed E-state index contributed by atoms with van der Waals surface area (Å²) in [5.41, 5.74) is 1.97. The molecule has 0 spiro atoms. The summed E-state index contributed by atoms with van der Waals surface area (Å²) in [5, 5.41) is 5.49. The Hall–Kier alpha value is -2.89. The lowest BCUT2D eigenvalue weighted by molar-refractivity contribution is -0.119. The van der Waals surface area contributed by atoms with E-state index >= 15 is 0 Å². The van der Waals surface area contributed by atoms with Gasteiger partial charge in [0.25, 0.3) is 5.91 Å². The van der Waals surface area contributed by atoms with E-state index in [-0.39, 0.29) is 17.7 Å². The van der Waals surface area contributed by atoms with E-state index in [9.17, 15) is 9.59 Å². The molecule has 1 aromatic heterocycles. The van der Waals surface area contributed by atoms with Gasteiger partial charge in [0.05, 0.1) is 7.11 Å². The number of carbonyl (C=O) groups excluding carboxylic acids is 2. The molecule has 22 heavy (non-hydrogen) atoms. The lowest BCUT2D eigenvalue weighted by atomic mass is 10.2. The number of anilines is 1. The van der Waals surface area contributed by atoms with Crippen molar-refractivity contribution in [3.63, 3.8) is 0 Å². The number of rotatable bonds is 5. The minimum atomic E-state index is -0.292. The summed E-state index contributed by atoms with van der Waals surface area (Å²) in [7, 11) is 1.47. The first-order chi connectivity index (χ1) is 10.6. The number of carbonyl (C=O) groups is 2. The number of methoxy groups -OCH3 is 1. The summed E-state index contributed by atoms with van der Waals surface area (Å²) in [6.45, 7) is 1.93. The maximum absolute atomic E-state index is 12.2. The van der Waals surface area contributed by atoms with Crippen molar-refractivity contribution in [1.82, 2.24) is 10.3 Å². The quantitative estimate of drug-likeness (QED) is 0.884. The maximum atomic E-state index is 12.2. The smallest absolute Gasteiger partial charge is 0.261 e. The van der Waals surface area contributed by atoms with Crippen molar-refractivity contribution in [3.8, 4) is 5.88 Å². The molecule has 2 aromatic rings. The zero-order chi connectivity index (χ0) is 15.9. The van der Waals surface area contributed by atoms with Crippen molar-refractivity contribution in [2.45, 2.75) is 13.5 Å². The summed E-state index contributed by atoms with van der Waals surface area (Å²) < 4.78 is 5.07. The van der Waals surface area contributed by atoms with E-state index in [2.05, 4.69) is 15.6 Å². The number of amides is 2. The van der Waals surface area contributed by atoms with Crippen molar-refractivity contribution < 1.29 is 14.3 Å². The van der Waals surface area contributed by atoms with Crippen molar-refractivity contribution in [2.24, 2.45) is 0 Å². The Bertz CT molecular complexity index is 669. The van der Waals surface area contributed by atoms with E-state index in [1.807, 2.05) is 12.1 Å². The molecule has 0 radical (unpaired) electrons. The summed E-state index contributed by atoms with van der Waals surface area (Å²) >= 11 is 0. The molecule has 1 aromatic carbocycles. The monoisotopic (exact) mass is 299 g/mol. The van der Waals surface area contributed by atoms with Crippen molar-refractivity contribution in [3.05, 3.63) is 53.7 Å². The number of nitrogens with zero attached hydrogens (tertiary/aromatic N) is 1. The van der Waals surface area contributed by atoms with Gasteiger partial charge in [0.15, 0.2) is 0 Å². The van der Waals surface area contributed by atoms with Gasteiger partial charge in [0.1, 0.15) is 5.56 Å². The van der Waals surface area contributed by atoms with Gasteiger partial charge in [-0.2, -0.15) is 0 Å². The first-order valence-corrected chi connectivity index (χ1v) is 6.74. The van der Waals surface area contributed by atoms with Crippen molar-refractivity contribution in [2.75, 3.05) is 12.4 Å². The van der Waals surface area contributed by atoms with Gasteiger partial charge in [-0.3, -0.25) is 9.59 Å². The number of pyridine rings is 1. The van der Waals surface area contributed by atoms with Crippen LogP contribution in [0.25, 0.3) is 0 Å². The van der Waals surface area contributed by atoms with E-state index in [4.69, 9.17) is 4.74 Å². The van der Waals surface area contributed by atoms with Crippen LogP contribution in [-0.4, -0.2) is 23.9 Å². The minimum Gasteiger partial charge on any atom is -0.480 e. The number of hydrogen-bond acceptors (Lipinski definition) is 4. The zero-order valence-electron chi connectivity index (χ0n) is 12.4. The fourth-order valence-electron chi connectivity index (χ4n) is 1.86. The van der Waals surface area contributed by atoms with Gasteiger partial charge in [-0.1, -0.05) is 12.1 Å². The minimum absolute atomic E-state index is 0.0824. The third kappa shape index (κ3) is 4.05. The van der Waals surface area contributed by atoms with E-state index in [1.54, 1.807) is 30.5 Å². The molecule has 0 unspecified atom stereocenters. The van der Waals surface area contributed by atoms with Gasteiger partial charge in [-0.25, -0.2) is 4.98 Å². The van der Waals surface area contributed by atoms with Crippen LogP contribution < -0.4 is 15.4 Å². The van der Waals surface area contributed by atoms with Gasteiger partial charge in [0, 0.05) is 25.4 Å². The molecule has 2 amide bonds. The average molecular weight is 299 g/mol. The molecule has 0 aliphatic heterocycles. The third-order valence-corrected chi connectivity index (χ3v) is 2.96. The number of nitrogens with one attached hydrogen (secondary N) is 2. The summed E-state index contributed by atoms with van der Waals surface area (Å²) in [6.07, 6.45) is 1.56. The molecule has 0 bridgehead atoms. The number of hydrogen-bond donors (Lipinski definition) is 2. The predicted molar refractivity (Wildman–Crippen MR) is 82.7 cm³/mol. The van der Waals surface area contributed by atoms with Crippen molar-refractivity contribution in [1.29, 1.82) is 0 Å². The molecule has 0 saturated carbocycles. The Morgan fingerprint density at radius 3 is 2.55 bits per heavy atom. The van der Waals surface area contributed by atoms with E-state index in [1.165, 1.54) is 14.0 Å². The molecule has 114 valence electrons. The topological polar surface area (TPSA) is 80.3 Å². The van der Waals surface area contributed by atoms with Crippen LogP contribution in [0, 0.1) is 0 Å². The highest BCUT2D eigenvalue weighted by molar-refractivity contribution is 6.05. The first-order valence-electron chi connectivity index (χ1n) is 6.74. The average Bonchev–Trinajstić information content (AvgIpc) is 2.54. The molecule has 6 heteroatoms. The zero-order valence-corrected chi connectivity index (χ0v) is 12.4. The Kier molecular flexibility index (Phi) is 5.08. The largest absolute Gasteiger partial charge is 0.480 e. The molecule has 1 heterocycles. The van der Waals surface area contributed by atoms with Gasteiger partial charge in [-0.05, 0) is 29.8 Å².